The third-order valence-corrected chi connectivity index (χ3v) is 4.65. The molecule has 0 amide bonds. The fourth-order valence-corrected chi connectivity index (χ4v) is 3.36. The van der Waals surface area contributed by atoms with E-state index in [0.29, 0.717) is 10.2 Å². The van der Waals surface area contributed by atoms with Crippen LogP contribution >= 0.6 is 15.9 Å². The van der Waals surface area contributed by atoms with Crippen molar-refractivity contribution >= 4 is 37.3 Å². The van der Waals surface area contributed by atoms with Gasteiger partial charge in [0.1, 0.15) is 5.75 Å². The normalized spacial score (nSPS) is 11.0. The predicted octanol–water partition coefficient (Wildman–Crippen LogP) is 3.17. The number of hydrogen-bond acceptors (Lipinski definition) is 5. The number of halogens is 1. The second-order valence-electron chi connectivity index (χ2n) is 4.21. The number of sulfonamides is 1. The van der Waals surface area contributed by atoms with Gasteiger partial charge < -0.3 is 4.74 Å². The van der Waals surface area contributed by atoms with Gasteiger partial charge in [-0.3, -0.25) is 14.8 Å². The molecule has 22 heavy (non-hydrogen) atoms. The van der Waals surface area contributed by atoms with E-state index in [1.165, 1.54) is 19.2 Å². The summed E-state index contributed by atoms with van der Waals surface area (Å²) in [6.45, 7) is 0. The van der Waals surface area contributed by atoms with E-state index in [-0.39, 0.29) is 5.75 Å². The molecule has 0 fully saturated rings. The van der Waals surface area contributed by atoms with Crippen LogP contribution in [-0.2, 0) is 10.0 Å². The zero-order valence-electron chi connectivity index (χ0n) is 11.3. The van der Waals surface area contributed by atoms with Crippen LogP contribution in [0.15, 0.2) is 51.8 Å². The minimum Gasteiger partial charge on any atom is -0.497 e. The van der Waals surface area contributed by atoms with Crippen molar-refractivity contribution in [1.29, 1.82) is 0 Å². The highest BCUT2D eigenvalue weighted by Crippen LogP contribution is 2.30. The van der Waals surface area contributed by atoms with E-state index in [4.69, 9.17) is 4.74 Å². The van der Waals surface area contributed by atoms with Crippen LogP contribution in [0, 0.1) is 10.1 Å². The maximum absolute atomic E-state index is 12.4. The zero-order valence-corrected chi connectivity index (χ0v) is 13.7. The molecule has 9 heteroatoms. The molecule has 0 spiro atoms. The Kier molecular flexibility index (Phi) is 4.67. The van der Waals surface area contributed by atoms with Crippen LogP contribution in [-0.4, -0.2) is 20.5 Å². The number of anilines is 1. The van der Waals surface area contributed by atoms with Gasteiger partial charge in [-0.05, 0) is 30.3 Å². The number of rotatable bonds is 5. The fourth-order valence-electron chi connectivity index (χ4n) is 1.76. The van der Waals surface area contributed by atoms with E-state index in [0.717, 1.165) is 12.1 Å². The molecule has 0 aliphatic rings. The number of hydrogen-bond donors (Lipinski definition) is 1. The summed E-state index contributed by atoms with van der Waals surface area (Å²) in [4.78, 5) is 9.90. The highest BCUT2D eigenvalue weighted by molar-refractivity contribution is 9.10. The van der Waals surface area contributed by atoms with Crippen molar-refractivity contribution in [2.45, 2.75) is 4.90 Å². The van der Waals surface area contributed by atoms with Gasteiger partial charge in [-0.15, -0.1) is 0 Å². The van der Waals surface area contributed by atoms with E-state index in [2.05, 4.69) is 20.7 Å². The summed E-state index contributed by atoms with van der Waals surface area (Å²) < 4.78 is 32.6. The molecule has 0 bridgehead atoms. The third-order valence-electron chi connectivity index (χ3n) is 2.73. The van der Waals surface area contributed by atoms with Crippen LogP contribution in [0.4, 0.5) is 11.4 Å². The third kappa shape index (κ3) is 3.55. The van der Waals surface area contributed by atoms with Crippen molar-refractivity contribution in [1.82, 2.24) is 0 Å². The minimum atomic E-state index is -4.10. The summed E-state index contributed by atoms with van der Waals surface area (Å²) in [5, 5.41) is 11.1. The average molecular weight is 387 g/mol. The van der Waals surface area contributed by atoms with Crippen LogP contribution in [0.5, 0.6) is 5.75 Å². The van der Waals surface area contributed by atoms with E-state index in [1.54, 1.807) is 18.2 Å². The fraction of sp³-hybridized carbons (Fsp3) is 0.0769. The molecule has 2 rings (SSSR count). The number of nitrogens with zero attached hydrogens (tertiary/aromatic N) is 1. The Morgan fingerprint density at radius 2 is 1.95 bits per heavy atom. The lowest BCUT2D eigenvalue weighted by Gasteiger charge is -2.09. The molecular weight excluding hydrogens is 376 g/mol. The second-order valence-corrected chi connectivity index (χ2v) is 6.77. The van der Waals surface area contributed by atoms with Gasteiger partial charge in [0, 0.05) is 10.2 Å². The Labute approximate surface area is 135 Å². The maximum atomic E-state index is 12.4. The van der Waals surface area contributed by atoms with E-state index in [1.807, 2.05) is 0 Å². The molecule has 116 valence electrons. The largest absolute Gasteiger partial charge is 0.497 e. The second kappa shape index (κ2) is 6.32. The topological polar surface area (TPSA) is 98.5 Å². The van der Waals surface area contributed by atoms with Crippen LogP contribution < -0.4 is 9.46 Å². The number of ether oxygens (including phenoxy) is 1. The van der Waals surface area contributed by atoms with Gasteiger partial charge in [0.15, 0.2) is 4.90 Å². The van der Waals surface area contributed by atoms with E-state index < -0.39 is 25.5 Å². The molecule has 0 saturated carbocycles. The quantitative estimate of drug-likeness (QED) is 0.628. The summed E-state index contributed by atoms with van der Waals surface area (Å²) in [5.41, 5.74) is -0.263. The molecule has 2 aromatic rings. The Balaban J connectivity index is 2.47. The number of methoxy groups -OCH3 is 1. The Hall–Kier alpha value is -2.13. The van der Waals surface area contributed by atoms with Crippen LogP contribution in [0.2, 0.25) is 0 Å². The van der Waals surface area contributed by atoms with Crippen LogP contribution in [0.1, 0.15) is 0 Å². The Morgan fingerprint density at radius 1 is 1.23 bits per heavy atom. The highest BCUT2D eigenvalue weighted by atomic mass is 79.9. The SMILES string of the molecule is COc1ccc(S(=O)(=O)Nc2cccc(Br)c2)c([N+](=O)[O-])c1. The lowest BCUT2D eigenvalue weighted by Crippen LogP contribution is -2.14. The van der Waals surface area contributed by atoms with Crippen molar-refractivity contribution in [2.75, 3.05) is 11.8 Å². The Bertz CT molecular complexity index is 823. The van der Waals surface area contributed by atoms with Crippen molar-refractivity contribution in [2.24, 2.45) is 0 Å². The zero-order chi connectivity index (χ0) is 16.3. The number of benzene rings is 2. The van der Waals surface area contributed by atoms with Gasteiger partial charge in [0.05, 0.1) is 18.1 Å². The summed E-state index contributed by atoms with van der Waals surface area (Å²) in [5.74, 6) is 0.202. The molecule has 2 aromatic carbocycles. The molecule has 0 radical (unpaired) electrons. The molecular formula is C13H11BrN2O5S. The van der Waals surface area contributed by atoms with Crippen molar-refractivity contribution < 1.29 is 18.1 Å². The minimum absolute atomic E-state index is 0.202. The maximum Gasteiger partial charge on any atom is 0.293 e. The van der Waals surface area contributed by atoms with Gasteiger partial charge in [-0.2, -0.15) is 0 Å². The first-order valence-corrected chi connectivity index (χ1v) is 8.22. The van der Waals surface area contributed by atoms with Crippen LogP contribution in [0.3, 0.4) is 0 Å². The number of nitro benzene ring substituents is 1. The summed E-state index contributed by atoms with van der Waals surface area (Å²) >= 11 is 3.22. The number of nitrogens with one attached hydrogen (secondary N) is 1. The average Bonchev–Trinajstić information content (AvgIpc) is 2.46. The first kappa shape index (κ1) is 16.2. The molecule has 0 atom stereocenters. The van der Waals surface area contributed by atoms with Crippen LogP contribution in [0.25, 0.3) is 0 Å². The molecule has 0 aliphatic carbocycles. The first-order chi connectivity index (χ1) is 10.3. The van der Waals surface area contributed by atoms with Crippen molar-refractivity contribution in [3.63, 3.8) is 0 Å². The molecule has 0 aliphatic heterocycles. The standard InChI is InChI=1S/C13H11BrN2O5S/c1-21-11-5-6-13(12(8-11)16(17)18)22(19,20)15-10-4-2-3-9(14)7-10/h2-8,15H,1H3. The Morgan fingerprint density at radius 3 is 2.55 bits per heavy atom. The molecule has 0 aromatic heterocycles. The summed E-state index contributed by atoms with van der Waals surface area (Å²) in [7, 11) is -2.76. The van der Waals surface area contributed by atoms with Crippen molar-refractivity contribution in [3.05, 3.63) is 57.1 Å². The first-order valence-electron chi connectivity index (χ1n) is 5.94. The lowest BCUT2D eigenvalue weighted by molar-refractivity contribution is -0.387. The van der Waals surface area contributed by atoms with Gasteiger partial charge in [-0.1, -0.05) is 22.0 Å². The molecule has 1 N–H and O–H groups in total. The van der Waals surface area contributed by atoms with Gasteiger partial charge in [0.2, 0.25) is 0 Å². The smallest absolute Gasteiger partial charge is 0.293 e. The molecule has 0 heterocycles. The molecule has 0 unspecified atom stereocenters. The predicted molar refractivity (Wildman–Crippen MR) is 84.6 cm³/mol. The van der Waals surface area contributed by atoms with Gasteiger partial charge >= 0.3 is 0 Å². The van der Waals surface area contributed by atoms with E-state index in [9.17, 15) is 18.5 Å². The molecule has 7 nitrogen and oxygen atoms in total. The van der Waals surface area contributed by atoms with Crippen molar-refractivity contribution in [3.8, 4) is 5.75 Å². The van der Waals surface area contributed by atoms with E-state index >= 15 is 0 Å². The highest BCUT2D eigenvalue weighted by Gasteiger charge is 2.26. The van der Waals surface area contributed by atoms with Gasteiger partial charge in [-0.25, -0.2) is 8.42 Å². The lowest BCUT2D eigenvalue weighted by atomic mass is 10.3. The monoisotopic (exact) mass is 386 g/mol. The summed E-state index contributed by atoms with van der Waals surface area (Å²) in [6, 6.07) is 10.0. The van der Waals surface area contributed by atoms with Gasteiger partial charge in [0.25, 0.3) is 15.7 Å². The number of nitro groups is 1. The molecule has 0 saturated heterocycles. The summed E-state index contributed by atoms with van der Waals surface area (Å²) in [6.07, 6.45) is 0.